The maximum absolute atomic E-state index is 2.43. The lowest BCUT2D eigenvalue weighted by atomic mass is 10.0. The van der Waals surface area contributed by atoms with Gasteiger partial charge in [0.2, 0.25) is 0 Å². The van der Waals surface area contributed by atoms with Crippen molar-refractivity contribution < 1.29 is 0 Å². The first-order valence-electron chi connectivity index (χ1n) is 34.9. The molecule has 0 heterocycles. The van der Waals surface area contributed by atoms with Gasteiger partial charge in [-0.1, -0.05) is 423 Å². The molecule has 1 aromatic rings. The van der Waals surface area contributed by atoms with Crippen LogP contribution in [0, 0.1) is 0 Å². The van der Waals surface area contributed by atoms with Crippen molar-refractivity contribution in [2.75, 3.05) is 0 Å². The van der Waals surface area contributed by atoms with Gasteiger partial charge in [-0.3, -0.25) is 0 Å². The zero-order valence-corrected chi connectivity index (χ0v) is 50.6. The van der Waals surface area contributed by atoms with E-state index in [2.05, 4.69) is 38.1 Å². The minimum Gasteiger partial charge on any atom is -0.0654 e. The smallest absolute Gasteiger partial charge is 0.0279 e. The molecule has 0 nitrogen and oxygen atoms in total. The molecule has 1 rings (SSSR count). The summed E-state index contributed by atoms with van der Waals surface area (Å²) in [4.78, 5) is 0. The molecule has 0 atom stereocenters. The van der Waals surface area contributed by atoms with Crippen molar-refractivity contribution in [2.45, 2.75) is 425 Å². The molecule has 0 radical (unpaired) electrons. The first-order valence-corrected chi connectivity index (χ1v) is 34.9. The summed E-state index contributed by atoms with van der Waals surface area (Å²) in [5.41, 5.74) is 3.12. The van der Waals surface area contributed by atoms with Crippen LogP contribution in [0.3, 0.4) is 0 Å². The number of hydrogen-bond donors (Lipinski definition) is 0. The Kier molecular flexibility index (Phi) is 60.3. The molecular weight excluding hydrogens is 865 g/mol. The lowest BCUT2D eigenvalue weighted by molar-refractivity contribution is 0.512. The van der Waals surface area contributed by atoms with E-state index in [9.17, 15) is 0 Å². The molecule has 0 saturated carbocycles. The van der Waals surface area contributed by atoms with Gasteiger partial charge in [0.25, 0.3) is 0 Å². The van der Waals surface area contributed by atoms with Crippen LogP contribution in [0.4, 0.5) is 0 Å². The Balaban J connectivity index is 1.70. The Hall–Kier alpha value is -0.780. The molecule has 0 heteroatoms. The van der Waals surface area contributed by atoms with Crippen molar-refractivity contribution in [1.82, 2.24) is 0 Å². The van der Waals surface area contributed by atoms with Crippen molar-refractivity contribution in [3.05, 3.63) is 35.4 Å². The highest BCUT2D eigenvalue weighted by molar-refractivity contribution is 5.22. The Morgan fingerprint density at radius 2 is 0.236 bits per heavy atom. The zero-order chi connectivity index (χ0) is 51.2. The zero-order valence-electron chi connectivity index (χ0n) is 50.6. The monoisotopic (exact) mass is 1000 g/mol. The number of unbranched alkanes of at least 4 members (excludes halogenated alkanes) is 60. The largest absolute Gasteiger partial charge is 0.0654 e. The molecule has 0 amide bonds. The number of aryl methyl sites for hydroxylation is 2. The van der Waals surface area contributed by atoms with Crippen LogP contribution < -0.4 is 0 Å². The second-order valence-electron chi connectivity index (χ2n) is 24.5. The minimum atomic E-state index is 1.28. The van der Waals surface area contributed by atoms with E-state index in [0.717, 1.165) is 0 Å². The van der Waals surface area contributed by atoms with Crippen molar-refractivity contribution >= 4 is 0 Å². The molecule has 0 spiro atoms. The molecule has 0 aliphatic heterocycles. The fraction of sp³-hybridized carbons (Fsp3) is 0.917. The van der Waals surface area contributed by atoms with Crippen LogP contribution in [0.5, 0.6) is 0 Å². The van der Waals surface area contributed by atoms with E-state index < -0.39 is 0 Å². The SMILES string of the molecule is CCCCCCCCCCCCCCCCCCCCCCCCCCCCCCCCCc1ccc(CCCCCCCCCCCCCCCCCCCCCCCCCCCCCCCCC)cc1. The molecule has 0 aromatic heterocycles. The van der Waals surface area contributed by atoms with Crippen LogP contribution in [0.25, 0.3) is 0 Å². The van der Waals surface area contributed by atoms with Gasteiger partial charge >= 0.3 is 0 Å². The maximum Gasteiger partial charge on any atom is -0.0279 e. The summed E-state index contributed by atoms with van der Waals surface area (Å²) in [5, 5.41) is 0. The van der Waals surface area contributed by atoms with E-state index in [4.69, 9.17) is 0 Å². The summed E-state index contributed by atoms with van der Waals surface area (Å²) in [6.45, 7) is 4.63. The van der Waals surface area contributed by atoms with Gasteiger partial charge in [0.05, 0.1) is 0 Å². The third kappa shape index (κ3) is 56.9. The molecule has 0 saturated heterocycles. The topological polar surface area (TPSA) is 0 Å². The highest BCUT2D eigenvalue weighted by Gasteiger charge is 2.02. The average Bonchev–Trinajstić information content (AvgIpc) is 3.40. The fourth-order valence-corrected chi connectivity index (χ4v) is 11.9. The van der Waals surface area contributed by atoms with E-state index in [0.29, 0.717) is 0 Å². The first kappa shape index (κ1) is 69.2. The molecule has 0 aliphatic rings. The summed E-state index contributed by atoms with van der Waals surface area (Å²) in [6, 6.07) is 9.72. The highest BCUT2D eigenvalue weighted by atomic mass is 14.1. The average molecular weight is 1000 g/mol. The van der Waals surface area contributed by atoms with Crippen molar-refractivity contribution in [1.29, 1.82) is 0 Å². The Morgan fingerprint density at radius 3 is 0.347 bits per heavy atom. The van der Waals surface area contributed by atoms with Gasteiger partial charge in [0, 0.05) is 0 Å². The predicted molar refractivity (Wildman–Crippen MR) is 331 cm³/mol. The van der Waals surface area contributed by atoms with E-state index in [1.54, 1.807) is 11.1 Å². The van der Waals surface area contributed by atoms with Crippen molar-refractivity contribution in [2.24, 2.45) is 0 Å². The van der Waals surface area contributed by atoms with Gasteiger partial charge < -0.3 is 0 Å². The number of hydrogen-bond acceptors (Lipinski definition) is 0. The number of rotatable bonds is 64. The molecule has 0 aliphatic carbocycles. The van der Waals surface area contributed by atoms with Crippen LogP contribution in [-0.2, 0) is 12.8 Å². The molecule has 0 unspecified atom stereocenters. The third-order valence-electron chi connectivity index (χ3n) is 17.2. The van der Waals surface area contributed by atoms with Gasteiger partial charge in [-0.15, -0.1) is 0 Å². The Bertz CT molecular complexity index is 983. The van der Waals surface area contributed by atoms with Gasteiger partial charge in [-0.2, -0.15) is 0 Å². The summed E-state index contributed by atoms with van der Waals surface area (Å²) < 4.78 is 0. The van der Waals surface area contributed by atoms with E-state index in [-0.39, 0.29) is 0 Å². The number of benzene rings is 1. The summed E-state index contributed by atoms with van der Waals surface area (Å²) in [6.07, 6.45) is 93.9. The lowest BCUT2D eigenvalue weighted by Crippen LogP contribution is -1.90. The second-order valence-corrected chi connectivity index (χ2v) is 24.5. The molecule has 72 heavy (non-hydrogen) atoms. The molecule has 426 valence electrons. The molecule has 0 bridgehead atoms. The summed E-state index contributed by atoms with van der Waals surface area (Å²) >= 11 is 0. The molecule has 0 N–H and O–H groups in total. The molecule has 0 fully saturated rings. The van der Waals surface area contributed by atoms with Crippen LogP contribution in [-0.4, -0.2) is 0 Å². The van der Waals surface area contributed by atoms with Crippen molar-refractivity contribution in [3.63, 3.8) is 0 Å². The standard InChI is InChI=1S/C72H138/c1-3-5-7-9-11-13-15-17-19-21-23-25-27-29-31-33-35-37-39-41-43-45-47-49-51-53-55-57-59-61-63-65-71-67-69-72(70-68-71)66-64-62-60-58-56-54-52-50-48-46-44-42-40-38-36-34-32-30-28-26-24-22-20-18-16-14-12-10-8-6-4-2/h67-70H,3-66H2,1-2H3. The summed E-state index contributed by atoms with van der Waals surface area (Å²) in [7, 11) is 0. The third-order valence-corrected chi connectivity index (χ3v) is 17.2. The summed E-state index contributed by atoms with van der Waals surface area (Å²) in [5.74, 6) is 0. The van der Waals surface area contributed by atoms with Gasteiger partial charge in [0.15, 0.2) is 0 Å². The minimum absolute atomic E-state index is 1.28. The Morgan fingerprint density at radius 1 is 0.139 bits per heavy atom. The highest BCUT2D eigenvalue weighted by Crippen LogP contribution is 2.20. The van der Waals surface area contributed by atoms with Gasteiger partial charge in [-0.25, -0.2) is 0 Å². The van der Waals surface area contributed by atoms with E-state index in [1.807, 2.05) is 0 Å². The molecule has 1 aromatic carbocycles. The second kappa shape index (κ2) is 62.8. The van der Waals surface area contributed by atoms with Crippen LogP contribution in [0.1, 0.15) is 423 Å². The maximum atomic E-state index is 2.43. The van der Waals surface area contributed by atoms with E-state index >= 15 is 0 Å². The Labute approximate surface area is 458 Å². The van der Waals surface area contributed by atoms with Crippen LogP contribution in [0.2, 0.25) is 0 Å². The lowest BCUT2D eigenvalue weighted by Gasteiger charge is -2.06. The van der Waals surface area contributed by atoms with Crippen LogP contribution in [0.15, 0.2) is 24.3 Å². The fourth-order valence-electron chi connectivity index (χ4n) is 11.9. The molecular formula is C72H138. The van der Waals surface area contributed by atoms with Gasteiger partial charge in [-0.05, 0) is 36.8 Å². The van der Waals surface area contributed by atoms with Crippen molar-refractivity contribution in [3.8, 4) is 0 Å². The van der Waals surface area contributed by atoms with Crippen LogP contribution >= 0.6 is 0 Å². The quantitative estimate of drug-likeness (QED) is 0.0571. The van der Waals surface area contributed by atoms with Gasteiger partial charge in [0.1, 0.15) is 0 Å². The van der Waals surface area contributed by atoms with E-state index in [1.165, 1.54) is 411 Å². The first-order chi connectivity index (χ1) is 35.9. The predicted octanol–water partition coefficient (Wildman–Crippen LogP) is 27.0. The normalized spacial score (nSPS) is 11.7.